The Bertz CT molecular complexity index is 565. The summed E-state index contributed by atoms with van der Waals surface area (Å²) in [5.74, 6) is 0.601. The summed E-state index contributed by atoms with van der Waals surface area (Å²) in [6, 6.07) is 15.4. The number of likely N-dealkylation sites (tertiary alicyclic amines) is 1. The largest absolute Gasteiger partial charge is 0.384 e. The first-order chi connectivity index (χ1) is 9.67. The van der Waals surface area contributed by atoms with Gasteiger partial charge < -0.3 is 10.2 Å². The highest BCUT2D eigenvalue weighted by molar-refractivity contribution is 5.30. The second-order valence-corrected chi connectivity index (χ2v) is 6.02. The van der Waals surface area contributed by atoms with Crippen LogP contribution in [0.1, 0.15) is 30.0 Å². The van der Waals surface area contributed by atoms with E-state index in [4.69, 9.17) is 5.73 Å². The van der Waals surface area contributed by atoms with E-state index < -0.39 is 0 Å². The van der Waals surface area contributed by atoms with Crippen molar-refractivity contribution in [1.29, 1.82) is 0 Å². The van der Waals surface area contributed by atoms with E-state index in [-0.39, 0.29) is 0 Å². The summed E-state index contributed by atoms with van der Waals surface area (Å²) in [7, 11) is 2.36. The number of rotatable bonds is 3. The number of aromatic nitrogens is 1. The van der Waals surface area contributed by atoms with E-state index in [9.17, 15) is 0 Å². The van der Waals surface area contributed by atoms with Gasteiger partial charge in [-0.25, -0.2) is 4.98 Å². The summed E-state index contributed by atoms with van der Waals surface area (Å²) in [6.07, 6.45) is 4.46. The van der Waals surface area contributed by atoms with Crippen LogP contribution in [0.25, 0.3) is 0 Å². The molecule has 0 aliphatic carbocycles. The third kappa shape index (κ3) is 2.54. The summed E-state index contributed by atoms with van der Waals surface area (Å²) < 4.78 is 1.07. The highest BCUT2D eigenvalue weighted by Gasteiger charge is 2.39. The van der Waals surface area contributed by atoms with Crippen molar-refractivity contribution in [2.75, 3.05) is 19.3 Å². The van der Waals surface area contributed by atoms with Gasteiger partial charge in [0.05, 0.1) is 13.6 Å². The molecule has 3 nitrogen and oxygen atoms in total. The minimum absolute atomic E-state index is 0.531. The van der Waals surface area contributed by atoms with Crippen molar-refractivity contribution in [2.45, 2.75) is 25.4 Å². The molecule has 0 bridgehead atoms. The summed E-state index contributed by atoms with van der Waals surface area (Å²) in [5, 5.41) is 0. The molecule has 0 unspecified atom stereocenters. The standard InChI is InChI=1S/C17H22N3/c1-20(13-14-6-3-2-4-7-14)11-5-8-16(20)15-9-10-17(18)19-12-15/h2-4,6-7,9-10,12,16H,5,8,11,13H2,1H3,(H2,18,19)/q+1/t16-,20+/m1/s1. The first kappa shape index (κ1) is 13.1. The topological polar surface area (TPSA) is 38.9 Å². The number of hydrogen-bond donors (Lipinski definition) is 1. The van der Waals surface area contributed by atoms with E-state index in [1.807, 2.05) is 12.3 Å². The molecule has 3 heteroatoms. The Labute approximate surface area is 120 Å². The maximum atomic E-state index is 5.70. The molecule has 2 aromatic rings. The van der Waals surface area contributed by atoms with E-state index in [1.54, 1.807) is 0 Å². The average Bonchev–Trinajstić information content (AvgIpc) is 2.82. The number of hydrogen-bond acceptors (Lipinski definition) is 2. The van der Waals surface area contributed by atoms with E-state index >= 15 is 0 Å². The normalized spacial score (nSPS) is 25.8. The van der Waals surface area contributed by atoms with Crippen molar-refractivity contribution in [3.05, 3.63) is 59.8 Å². The van der Waals surface area contributed by atoms with Gasteiger partial charge in [-0.05, 0) is 12.1 Å². The minimum atomic E-state index is 0.531. The van der Waals surface area contributed by atoms with Gasteiger partial charge in [-0.1, -0.05) is 30.3 Å². The van der Waals surface area contributed by atoms with Crippen LogP contribution >= 0.6 is 0 Å². The van der Waals surface area contributed by atoms with Gasteiger partial charge in [0.2, 0.25) is 0 Å². The van der Waals surface area contributed by atoms with Crippen LogP contribution < -0.4 is 5.73 Å². The van der Waals surface area contributed by atoms with Gasteiger partial charge in [0, 0.05) is 30.2 Å². The molecule has 20 heavy (non-hydrogen) atoms. The number of quaternary nitrogens is 1. The molecule has 3 rings (SSSR count). The highest BCUT2D eigenvalue weighted by atomic mass is 15.4. The van der Waals surface area contributed by atoms with Crippen LogP contribution in [0.2, 0.25) is 0 Å². The van der Waals surface area contributed by atoms with E-state index in [0.29, 0.717) is 11.9 Å². The predicted octanol–water partition coefficient (Wildman–Crippen LogP) is 3.15. The number of nitrogens with zero attached hydrogens (tertiary/aromatic N) is 2. The third-order valence-corrected chi connectivity index (χ3v) is 4.48. The van der Waals surface area contributed by atoms with Gasteiger partial charge in [0.1, 0.15) is 18.4 Å². The van der Waals surface area contributed by atoms with Crippen molar-refractivity contribution >= 4 is 5.82 Å². The quantitative estimate of drug-likeness (QED) is 0.869. The molecule has 104 valence electrons. The van der Waals surface area contributed by atoms with Crippen molar-refractivity contribution in [3.63, 3.8) is 0 Å². The Kier molecular flexibility index (Phi) is 3.45. The van der Waals surface area contributed by atoms with Crippen LogP contribution in [-0.4, -0.2) is 23.1 Å². The number of nitrogens with two attached hydrogens (primary N) is 1. The monoisotopic (exact) mass is 268 g/mol. The average molecular weight is 268 g/mol. The summed E-state index contributed by atoms with van der Waals surface area (Å²) >= 11 is 0. The lowest BCUT2D eigenvalue weighted by molar-refractivity contribution is -0.939. The molecule has 2 heterocycles. The number of benzene rings is 1. The van der Waals surface area contributed by atoms with Crippen molar-refractivity contribution < 1.29 is 4.48 Å². The highest BCUT2D eigenvalue weighted by Crippen LogP contribution is 2.39. The molecule has 1 fully saturated rings. The van der Waals surface area contributed by atoms with Crippen molar-refractivity contribution in [2.24, 2.45) is 0 Å². The Morgan fingerprint density at radius 3 is 2.70 bits per heavy atom. The molecule has 0 radical (unpaired) electrons. The summed E-state index contributed by atoms with van der Waals surface area (Å²) in [6.45, 7) is 2.31. The Morgan fingerprint density at radius 1 is 1.20 bits per heavy atom. The molecule has 1 aliphatic rings. The van der Waals surface area contributed by atoms with Crippen LogP contribution in [0.5, 0.6) is 0 Å². The number of pyridine rings is 1. The molecular weight excluding hydrogens is 246 g/mol. The van der Waals surface area contributed by atoms with Gasteiger partial charge in [-0.15, -0.1) is 0 Å². The second-order valence-electron chi connectivity index (χ2n) is 6.02. The van der Waals surface area contributed by atoms with Gasteiger partial charge in [-0.3, -0.25) is 0 Å². The van der Waals surface area contributed by atoms with E-state index in [1.165, 1.54) is 30.5 Å². The zero-order valence-electron chi connectivity index (χ0n) is 12.0. The summed E-state index contributed by atoms with van der Waals surface area (Å²) in [5.41, 5.74) is 8.42. The van der Waals surface area contributed by atoms with Crippen LogP contribution in [0.4, 0.5) is 5.82 Å². The maximum Gasteiger partial charge on any atom is 0.123 e. The molecule has 0 amide bonds. The van der Waals surface area contributed by atoms with Crippen molar-refractivity contribution in [1.82, 2.24) is 4.98 Å². The van der Waals surface area contributed by atoms with Crippen LogP contribution in [0.15, 0.2) is 48.7 Å². The van der Waals surface area contributed by atoms with Crippen LogP contribution in [-0.2, 0) is 6.54 Å². The van der Waals surface area contributed by atoms with Gasteiger partial charge in [-0.2, -0.15) is 0 Å². The second kappa shape index (κ2) is 5.25. The molecular formula is C17H22N3+. The van der Waals surface area contributed by atoms with Gasteiger partial charge >= 0.3 is 0 Å². The van der Waals surface area contributed by atoms with Gasteiger partial charge in [0.15, 0.2) is 0 Å². The minimum Gasteiger partial charge on any atom is -0.384 e. The third-order valence-electron chi connectivity index (χ3n) is 4.48. The lowest BCUT2D eigenvalue weighted by Gasteiger charge is -2.36. The van der Waals surface area contributed by atoms with Crippen LogP contribution in [0, 0.1) is 0 Å². The lowest BCUT2D eigenvalue weighted by atomic mass is 10.0. The van der Waals surface area contributed by atoms with Gasteiger partial charge in [0.25, 0.3) is 0 Å². The Hall–Kier alpha value is -1.87. The smallest absolute Gasteiger partial charge is 0.123 e. The molecule has 0 saturated carbocycles. The van der Waals surface area contributed by atoms with Crippen molar-refractivity contribution in [3.8, 4) is 0 Å². The van der Waals surface area contributed by atoms with E-state index in [0.717, 1.165) is 11.0 Å². The molecule has 2 atom stereocenters. The first-order valence-corrected chi connectivity index (χ1v) is 7.27. The zero-order chi connectivity index (χ0) is 14.0. The predicted molar refractivity (Wildman–Crippen MR) is 81.8 cm³/mol. The lowest BCUT2D eigenvalue weighted by Crippen LogP contribution is -2.42. The molecule has 0 spiro atoms. The molecule has 1 aromatic carbocycles. The number of anilines is 1. The molecule has 1 aromatic heterocycles. The Balaban J connectivity index is 1.85. The van der Waals surface area contributed by atoms with Crippen LogP contribution in [0.3, 0.4) is 0 Å². The number of nitrogen functional groups attached to an aromatic ring is 1. The fourth-order valence-corrected chi connectivity index (χ4v) is 3.44. The summed E-state index contributed by atoms with van der Waals surface area (Å²) in [4.78, 5) is 4.26. The molecule has 1 saturated heterocycles. The molecule has 1 aliphatic heterocycles. The fourth-order valence-electron chi connectivity index (χ4n) is 3.44. The zero-order valence-corrected chi connectivity index (χ0v) is 12.0. The molecule has 2 N–H and O–H groups in total. The van der Waals surface area contributed by atoms with E-state index in [2.05, 4.69) is 48.4 Å². The fraction of sp³-hybridized carbons (Fsp3) is 0.353. The Morgan fingerprint density at radius 2 is 2.00 bits per heavy atom. The SMILES string of the molecule is C[N@@+]1(Cc2ccccc2)CCC[C@@H]1c1ccc(N)nc1. The first-order valence-electron chi connectivity index (χ1n) is 7.27. The maximum absolute atomic E-state index is 5.70.